The minimum atomic E-state index is 0.0576. The molecule has 1 fully saturated rings. The van der Waals surface area contributed by atoms with E-state index in [9.17, 15) is 4.79 Å². The summed E-state index contributed by atoms with van der Waals surface area (Å²) in [4.78, 5) is 21.5. The maximum atomic E-state index is 12.9. The zero-order valence-corrected chi connectivity index (χ0v) is 16.1. The number of hydrogen-bond acceptors (Lipinski definition) is 3. The molecule has 2 heterocycles. The number of likely N-dealkylation sites (tertiary alicyclic amines) is 1. The van der Waals surface area contributed by atoms with Gasteiger partial charge in [0, 0.05) is 37.6 Å². The molecule has 1 aromatic heterocycles. The number of piperidine rings is 1. The number of aromatic nitrogens is 1. The molecule has 138 valence electrons. The van der Waals surface area contributed by atoms with Crippen LogP contribution in [0.5, 0.6) is 0 Å². The van der Waals surface area contributed by atoms with Crippen molar-refractivity contribution in [1.29, 1.82) is 0 Å². The molecule has 3 rings (SSSR count). The Labute approximate surface area is 156 Å². The van der Waals surface area contributed by atoms with Gasteiger partial charge < -0.3 is 9.80 Å². The van der Waals surface area contributed by atoms with Gasteiger partial charge in [0.15, 0.2) is 0 Å². The fourth-order valence-corrected chi connectivity index (χ4v) is 3.44. The summed E-state index contributed by atoms with van der Waals surface area (Å²) in [5.41, 5.74) is 2.86. The summed E-state index contributed by atoms with van der Waals surface area (Å²) in [6.45, 7) is 9.10. The molecule has 1 aromatic carbocycles. The van der Waals surface area contributed by atoms with Crippen molar-refractivity contribution >= 4 is 11.6 Å². The molecular formula is C22H29N3O. The first-order valence-electron chi connectivity index (χ1n) is 9.60. The second-order valence-corrected chi connectivity index (χ2v) is 7.58. The quantitative estimate of drug-likeness (QED) is 0.803. The van der Waals surface area contributed by atoms with Gasteiger partial charge in [-0.05, 0) is 50.3 Å². The van der Waals surface area contributed by atoms with Gasteiger partial charge in [-0.2, -0.15) is 0 Å². The van der Waals surface area contributed by atoms with Crippen LogP contribution in [0.2, 0.25) is 0 Å². The van der Waals surface area contributed by atoms with Gasteiger partial charge in [-0.1, -0.05) is 37.3 Å². The van der Waals surface area contributed by atoms with Crippen molar-refractivity contribution in [3.8, 4) is 0 Å². The Bertz CT molecular complexity index is 721. The number of hydrogen-bond donors (Lipinski definition) is 0. The van der Waals surface area contributed by atoms with Gasteiger partial charge in [0.25, 0.3) is 5.91 Å². The monoisotopic (exact) mass is 351 g/mol. The molecule has 1 amide bonds. The summed E-state index contributed by atoms with van der Waals surface area (Å²) in [7, 11) is 0. The molecule has 1 aliphatic heterocycles. The second kappa shape index (κ2) is 8.35. The van der Waals surface area contributed by atoms with E-state index in [0.29, 0.717) is 17.7 Å². The van der Waals surface area contributed by atoms with Crippen LogP contribution in [0.15, 0.2) is 48.7 Å². The third-order valence-corrected chi connectivity index (χ3v) is 5.18. The van der Waals surface area contributed by atoms with Gasteiger partial charge in [-0.15, -0.1) is 0 Å². The van der Waals surface area contributed by atoms with E-state index in [1.165, 1.54) is 5.56 Å². The van der Waals surface area contributed by atoms with Crippen LogP contribution in [-0.4, -0.2) is 34.9 Å². The van der Waals surface area contributed by atoms with Crippen LogP contribution in [0, 0.1) is 5.92 Å². The van der Waals surface area contributed by atoms with Crippen molar-refractivity contribution in [2.24, 2.45) is 5.92 Å². The van der Waals surface area contributed by atoms with E-state index in [-0.39, 0.29) is 5.91 Å². The fourth-order valence-electron chi connectivity index (χ4n) is 3.44. The molecule has 1 aliphatic rings. The summed E-state index contributed by atoms with van der Waals surface area (Å²) in [6, 6.07) is 14.7. The molecule has 0 N–H and O–H groups in total. The predicted octanol–water partition coefficient (Wildman–Crippen LogP) is 4.37. The topological polar surface area (TPSA) is 36.4 Å². The Morgan fingerprint density at radius 2 is 1.88 bits per heavy atom. The van der Waals surface area contributed by atoms with E-state index >= 15 is 0 Å². The van der Waals surface area contributed by atoms with Gasteiger partial charge in [0.1, 0.15) is 5.69 Å². The van der Waals surface area contributed by atoms with Gasteiger partial charge in [-0.3, -0.25) is 9.78 Å². The van der Waals surface area contributed by atoms with E-state index in [0.717, 1.165) is 38.2 Å². The minimum absolute atomic E-state index is 0.0576. The lowest BCUT2D eigenvalue weighted by Gasteiger charge is -2.31. The number of benzene rings is 1. The molecule has 0 aliphatic carbocycles. The first kappa shape index (κ1) is 18.4. The van der Waals surface area contributed by atoms with Gasteiger partial charge in [0.2, 0.25) is 0 Å². The molecule has 4 nitrogen and oxygen atoms in total. The summed E-state index contributed by atoms with van der Waals surface area (Å²) in [5, 5.41) is 0. The Hall–Kier alpha value is -2.36. The van der Waals surface area contributed by atoms with Gasteiger partial charge in [-0.25, -0.2) is 0 Å². The molecular weight excluding hydrogens is 322 g/mol. The third kappa shape index (κ3) is 4.43. The van der Waals surface area contributed by atoms with Crippen LogP contribution >= 0.6 is 0 Å². The molecule has 0 unspecified atom stereocenters. The van der Waals surface area contributed by atoms with Crippen molar-refractivity contribution in [3.63, 3.8) is 0 Å². The Balaban J connectivity index is 1.79. The molecule has 4 heteroatoms. The Morgan fingerprint density at radius 3 is 2.54 bits per heavy atom. The van der Waals surface area contributed by atoms with Crippen LogP contribution < -0.4 is 4.90 Å². The third-order valence-electron chi connectivity index (χ3n) is 5.18. The smallest absolute Gasteiger partial charge is 0.272 e. The number of rotatable bonds is 5. The average molecular weight is 351 g/mol. The number of pyridine rings is 1. The second-order valence-electron chi connectivity index (χ2n) is 7.58. The first-order valence-corrected chi connectivity index (χ1v) is 9.60. The zero-order valence-electron chi connectivity index (χ0n) is 16.1. The van der Waals surface area contributed by atoms with E-state index in [1.807, 2.05) is 23.1 Å². The predicted molar refractivity (Wildman–Crippen MR) is 106 cm³/mol. The standard InChI is InChI=1S/C22H29N3O/c1-17(2)25(16-19-7-5-4-6-8-19)20-9-12-23-21(15-20)22(26)24-13-10-18(3)11-14-24/h4-9,12,15,17-18H,10-11,13-14,16H2,1-3H3. The van der Waals surface area contributed by atoms with Crippen molar-refractivity contribution in [2.75, 3.05) is 18.0 Å². The van der Waals surface area contributed by atoms with Crippen molar-refractivity contribution < 1.29 is 4.79 Å². The Kier molecular flexibility index (Phi) is 5.92. The van der Waals surface area contributed by atoms with Crippen LogP contribution in [0.3, 0.4) is 0 Å². The first-order chi connectivity index (χ1) is 12.5. The molecule has 26 heavy (non-hydrogen) atoms. The molecule has 0 saturated carbocycles. The van der Waals surface area contributed by atoms with Gasteiger partial charge >= 0.3 is 0 Å². The van der Waals surface area contributed by atoms with Crippen LogP contribution in [-0.2, 0) is 6.54 Å². The highest BCUT2D eigenvalue weighted by Crippen LogP contribution is 2.23. The maximum Gasteiger partial charge on any atom is 0.272 e. The number of carbonyl (C=O) groups excluding carboxylic acids is 1. The van der Waals surface area contributed by atoms with E-state index in [2.05, 4.69) is 54.9 Å². The summed E-state index contributed by atoms with van der Waals surface area (Å²) >= 11 is 0. The molecule has 0 radical (unpaired) electrons. The molecule has 1 saturated heterocycles. The van der Waals surface area contributed by atoms with Crippen molar-refractivity contribution in [2.45, 2.75) is 46.2 Å². The highest BCUT2D eigenvalue weighted by molar-refractivity contribution is 5.93. The van der Waals surface area contributed by atoms with E-state index in [1.54, 1.807) is 6.20 Å². The lowest BCUT2D eigenvalue weighted by atomic mass is 9.99. The highest BCUT2D eigenvalue weighted by atomic mass is 16.2. The van der Waals surface area contributed by atoms with Gasteiger partial charge in [0.05, 0.1) is 0 Å². The fraction of sp³-hybridized carbons (Fsp3) is 0.455. The lowest BCUT2D eigenvalue weighted by Crippen LogP contribution is -2.38. The SMILES string of the molecule is CC1CCN(C(=O)c2cc(N(Cc3ccccc3)C(C)C)ccn2)CC1. The Morgan fingerprint density at radius 1 is 1.19 bits per heavy atom. The average Bonchev–Trinajstić information content (AvgIpc) is 2.67. The van der Waals surface area contributed by atoms with E-state index in [4.69, 9.17) is 0 Å². The normalized spacial score (nSPS) is 15.3. The highest BCUT2D eigenvalue weighted by Gasteiger charge is 2.23. The summed E-state index contributed by atoms with van der Waals surface area (Å²) in [6.07, 6.45) is 3.92. The molecule has 0 bridgehead atoms. The number of amides is 1. The van der Waals surface area contributed by atoms with Crippen LogP contribution in [0.4, 0.5) is 5.69 Å². The largest absolute Gasteiger partial charge is 0.365 e. The van der Waals surface area contributed by atoms with Crippen LogP contribution in [0.25, 0.3) is 0 Å². The minimum Gasteiger partial charge on any atom is -0.365 e. The number of anilines is 1. The van der Waals surface area contributed by atoms with E-state index < -0.39 is 0 Å². The van der Waals surface area contributed by atoms with Crippen LogP contribution in [0.1, 0.15) is 49.7 Å². The lowest BCUT2D eigenvalue weighted by molar-refractivity contribution is 0.0691. The zero-order chi connectivity index (χ0) is 18.5. The molecule has 2 aromatic rings. The summed E-state index contributed by atoms with van der Waals surface area (Å²) in [5.74, 6) is 0.766. The molecule has 0 spiro atoms. The maximum absolute atomic E-state index is 12.9. The number of nitrogens with zero attached hydrogens (tertiary/aromatic N) is 3. The summed E-state index contributed by atoms with van der Waals surface area (Å²) < 4.78 is 0. The van der Waals surface area contributed by atoms with Crippen molar-refractivity contribution in [3.05, 3.63) is 59.9 Å². The van der Waals surface area contributed by atoms with Crippen molar-refractivity contribution in [1.82, 2.24) is 9.88 Å². The number of carbonyl (C=O) groups is 1. The molecule has 0 atom stereocenters.